The van der Waals surface area contributed by atoms with Gasteiger partial charge in [-0.2, -0.15) is 0 Å². The molecule has 0 spiro atoms. The van der Waals surface area contributed by atoms with Crippen molar-refractivity contribution in [2.24, 2.45) is 5.92 Å². The third-order valence-electron chi connectivity index (χ3n) is 3.44. The summed E-state index contributed by atoms with van der Waals surface area (Å²) in [5, 5.41) is 11.7. The zero-order valence-electron chi connectivity index (χ0n) is 11.7. The lowest BCUT2D eigenvalue weighted by Crippen LogP contribution is -2.32. The molecule has 2 heterocycles. The number of likely N-dealkylation sites (tertiary alicyclic amines) is 1. The molecular weight excluding hydrogens is 274 g/mol. The lowest BCUT2D eigenvalue weighted by Gasteiger charge is -2.16. The smallest absolute Gasteiger partial charge is 0.337 e. The Balaban J connectivity index is 1.99. The van der Waals surface area contributed by atoms with Crippen LogP contribution in [0.1, 0.15) is 34.1 Å². The van der Waals surface area contributed by atoms with Crippen LogP contribution < -0.4 is 5.32 Å². The molecule has 112 valence electrons. The van der Waals surface area contributed by atoms with E-state index >= 15 is 0 Å². The molecule has 1 atom stereocenters. The molecule has 1 aliphatic rings. The van der Waals surface area contributed by atoms with Gasteiger partial charge in [-0.05, 0) is 18.4 Å². The zero-order valence-corrected chi connectivity index (χ0v) is 11.7. The van der Waals surface area contributed by atoms with Crippen LogP contribution in [0.25, 0.3) is 0 Å². The lowest BCUT2D eigenvalue weighted by molar-refractivity contribution is -0.119. The minimum absolute atomic E-state index is 0.00477. The summed E-state index contributed by atoms with van der Waals surface area (Å²) in [6.45, 7) is 3.16. The number of pyridine rings is 1. The van der Waals surface area contributed by atoms with Gasteiger partial charge >= 0.3 is 5.97 Å². The molecule has 1 unspecified atom stereocenters. The summed E-state index contributed by atoms with van der Waals surface area (Å²) in [4.78, 5) is 39.5. The standard InChI is InChI=1S/C14H17N3O4/c1-9(18)16-5-10-2-3-17(8-10)13(19)11-4-12(14(20)21)7-15-6-11/h4,6-7,10H,2-3,5,8H2,1H3,(H,16,18)(H,20,21). The maximum atomic E-state index is 12.3. The van der Waals surface area contributed by atoms with Crippen molar-refractivity contribution in [2.75, 3.05) is 19.6 Å². The second-order valence-corrected chi connectivity index (χ2v) is 5.11. The Morgan fingerprint density at radius 1 is 1.38 bits per heavy atom. The van der Waals surface area contributed by atoms with Gasteiger partial charge < -0.3 is 15.3 Å². The van der Waals surface area contributed by atoms with E-state index in [9.17, 15) is 14.4 Å². The number of aromatic nitrogens is 1. The van der Waals surface area contributed by atoms with Gasteiger partial charge in [0.1, 0.15) is 0 Å². The van der Waals surface area contributed by atoms with Crippen LogP contribution in [0.2, 0.25) is 0 Å². The number of amides is 2. The van der Waals surface area contributed by atoms with E-state index in [1.54, 1.807) is 4.90 Å². The summed E-state index contributed by atoms with van der Waals surface area (Å²) in [5.41, 5.74) is 0.268. The zero-order chi connectivity index (χ0) is 15.4. The van der Waals surface area contributed by atoms with Gasteiger partial charge in [-0.3, -0.25) is 14.6 Å². The molecule has 7 nitrogen and oxygen atoms in total. The molecule has 1 aliphatic heterocycles. The topological polar surface area (TPSA) is 99.6 Å². The Hall–Kier alpha value is -2.44. The van der Waals surface area contributed by atoms with Gasteiger partial charge in [0, 0.05) is 39.0 Å². The molecule has 21 heavy (non-hydrogen) atoms. The van der Waals surface area contributed by atoms with Crippen molar-refractivity contribution in [1.29, 1.82) is 0 Å². The Kier molecular flexibility index (Phi) is 4.52. The SMILES string of the molecule is CC(=O)NCC1CCN(C(=O)c2cncc(C(=O)O)c2)C1. The number of carboxylic acids is 1. The lowest BCUT2D eigenvalue weighted by atomic mass is 10.1. The molecule has 2 amide bonds. The van der Waals surface area contributed by atoms with E-state index in [1.165, 1.54) is 25.4 Å². The molecule has 1 aromatic rings. The first-order chi connectivity index (χ1) is 9.97. The number of nitrogens with zero attached hydrogens (tertiary/aromatic N) is 2. The van der Waals surface area contributed by atoms with Gasteiger partial charge in [-0.1, -0.05) is 0 Å². The van der Waals surface area contributed by atoms with Crippen LogP contribution in [-0.4, -0.2) is 52.4 Å². The second kappa shape index (κ2) is 6.34. The molecule has 0 radical (unpaired) electrons. The van der Waals surface area contributed by atoms with Crippen LogP contribution in [0.4, 0.5) is 0 Å². The maximum absolute atomic E-state index is 12.3. The van der Waals surface area contributed by atoms with Crippen molar-refractivity contribution in [2.45, 2.75) is 13.3 Å². The second-order valence-electron chi connectivity index (χ2n) is 5.11. The molecule has 1 aromatic heterocycles. The van der Waals surface area contributed by atoms with Crippen molar-refractivity contribution in [3.63, 3.8) is 0 Å². The van der Waals surface area contributed by atoms with E-state index in [0.29, 0.717) is 19.6 Å². The number of carbonyl (C=O) groups excluding carboxylic acids is 2. The van der Waals surface area contributed by atoms with E-state index in [-0.39, 0.29) is 28.9 Å². The normalized spacial score (nSPS) is 17.6. The number of rotatable bonds is 4. The first-order valence-electron chi connectivity index (χ1n) is 6.69. The fraction of sp³-hybridized carbons (Fsp3) is 0.429. The predicted molar refractivity (Wildman–Crippen MR) is 73.9 cm³/mol. The first kappa shape index (κ1) is 15.0. The highest BCUT2D eigenvalue weighted by molar-refractivity contribution is 5.97. The van der Waals surface area contributed by atoms with E-state index in [1.807, 2.05) is 0 Å². The number of hydrogen-bond acceptors (Lipinski definition) is 4. The Morgan fingerprint density at radius 3 is 2.76 bits per heavy atom. The molecular formula is C14H17N3O4. The quantitative estimate of drug-likeness (QED) is 0.835. The largest absolute Gasteiger partial charge is 0.478 e. The minimum Gasteiger partial charge on any atom is -0.478 e. The summed E-state index contributed by atoms with van der Waals surface area (Å²) >= 11 is 0. The van der Waals surface area contributed by atoms with Crippen molar-refractivity contribution in [3.05, 3.63) is 29.6 Å². The van der Waals surface area contributed by atoms with Gasteiger partial charge in [0.25, 0.3) is 5.91 Å². The number of hydrogen-bond donors (Lipinski definition) is 2. The fourth-order valence-electron chi connectivity index (χ4n) is 2.33. The molecule has 7 heteroatoms. The van der Waals surface area contributed by atoms with E-state index < -0.39 is 5.97 Å². The molecule has 0 aromatic carbocycles. The van der Waals surface area contributed by atoms with E-state index in [0.717, 1.165) is 6.42 Å². The summed E-state index contributed by atoms with van der Waals surface area (Å²) in [6.07, 6.45) is 3.40. The predicted octanol–water partition coefficient (Wildman–Crippen LogP) is 0.378. The number of nitrogens with one attached hydrogen (secondary N) is 1. The van der Waals surface area contributed by atoms with Gasteiger partial charge in [0.15, 0.2) is 0 Å². The summed E-state index contributed by atoms with van der Waals surface area (Å²) in [5.74, 6) is -1.19. The van der Waals surface area contributed by atoms with Crippen LogP contribution in [0.5, 0.6) is 0 Å². The first-order valence-corrected chi connectivity index (χ1v) is 6.69. The van der Waals surface area contributed by atoms with Crippen molar-refractivity contribution >= 4 is 17.8 Å². The van der Waals surface area contributed by atoms with Crippen LogP contribution in [0.15, 0.2) is 18.5 Å². The van der Waals surface area contributed by atoms with Crippen LogP contribution in [0.3, 0.4) is 0 Å². The minimum atomic E-state index is -1.11. The number of aromatic carboxylic acids is 1. The average Bonchev–Trinajstić information content (AvgIpc) is 2.93. The highest BCUT2D eigenvalue weighted by Gasteiger charge is 2.27. The molecule has 0 bridgehead atoms. The van der Waals surface area contributed by atoms with Crippen LogP contribution >= 0.6 is 0 Å². The third kappa shape index (κ3) is 3.77. The fourth-order valence-corrected chi connectivity index (χ4v) is 2.33. The molecule has 2 rings (SSSR count). The number of carboxylic acid groups (broad SMARTS) is 1. The van der Waals surface area contributed by atoms with Gasteiger partial charge in [-0.15, -0.1) is 0 Å². The Morgan fingerprint density at radius 2 is 2.10 bits per heavy atom. The maximum Gasteiger partial charge on any atom is 0.337 e. The van der Waals surface area contributed by atoms with Crippen molar-refractivity contribution in [1.82, 2.24) is 15.2 Å². The monoisotopic (exact) mass is 291 g/mol. The molecule has 1 saturated heterocycles. The molecule has 1 fully saturated rings. The van der Waals surface area contributed by atoms with Gasteiger partial charge in [0.2, 0.25) is 5.91 Å². The van der Waals surface area contributed by atoms with Crippen molar-refractivity contribution in [3.8, 4) is 0 Å². The Labute approximate surface area is 122 Å². The van der Waals surface area contributed by atoms with E-state index in [2.05, 4.69) is 10.3 Å². The van der Waals surface area contributed by atoms with Gasteiger partial charge in [-0.25, -0.2) is 4.79 Å². The molecule has 2 N–H and O–H groups in total. The average molecular weight is 291 g/mol. The molecule has 0 saturated carbocycles. The summed E-state index contributed by atoms with van der Waals surface area (Å²) in [7, 11) is 0. The Bertz CT molecular complexity index is 573. The number of carbonyl (C=O) groups is 3. The van der Waals surface area contributed by atoms with E-state index in [4.69, 9.17) is 5.11 Å². The van der Waals surface area contributed by atoms with Crippen LogP contribution in [0, 0.1) is 5.92 Å². The van der Waals surface area contributed by atoms with Crippen molar-refractivity contribution < 1.29 is 19.5 Å². The summed E-state index contributed by atoms with van der Waals surface area (Å²) < 4.78 is 0. The van der Waals surface area contributed by atoms with Gasteiger partial charge in [0.05, 0.1) is 11.1 Å². The van der Waals surface area contributed by atoms with Crippen LogP contribution in [-0.2, 0) is 4.79 Å². The summed E-state index contributed by atoms with van der Waals surface area (Å²) in [6, 6.07) is 1.33. The highest BCUT2D eigenvalue weighted by Crippen LogP contribution is 2.18. The highest BCUT2D eigenvalue weighted by atomic mass is 16.4. The molecule has 0 aliphatic carbocycles. The third-order valence-corrected chi connectivity index (χ3v) is 3.44.